The summed E-state index contributed by atoms with van der Waals surface area (Å²) in [5, 5.41) is 0. The third-order valence-corrected chi connectivity index (χ3v) is 3.43. The normalized spacial score (nSPS) is 33.0. The number of carbonyl (C=O) groups excluding carboxylic acids is 2. The summed E-state index contributed by atoms with van der Waals surface area (Å²) in [4.78, 5) is 22.3. The molecule has 0 radical (unpaired) electrons. The predicted molar refractivity (Wildman–Crippen MR) is 51.4 cm³/mol. The van der Waals surface area contributed by atoms with Crippen LogP contribution in [0.4, 0.5) is 0 Å². The van der Waals surface area contributed by atoms with Gasteiger partial charge in [-0.15, -0.1) is 0 Å². The molecule has 0 heterocycles. The lowest BCUT2D eigenvalue weighted by atomic mass is 9.64. The van der Waals surface area contributed by atoms with E-state index < -0.39 is 0 Å². The molecule has 0 aromatic rings. The summed E-state index contributed by atoms with van der Waals surface area (Å²) in [5.41, 5.74) is -0.293. The van der Waals surface area contributed by atoms with Crippen molar-refractivity contribution in [3.8, 4) is 0 Å². The molecule has 0 spiro atoms. The summed E-state index contributed by atoms with van der Waals surface area (Å²) >= 11 is 0. The zero-order valence-corrected chi connectivity index (χ0v) is 8.67. The van der Waals surface area contributed by atoms with E-state index in [1.54, 1.807) is 0 Å². The van der Waals surface area contributed by atoms with Crippen molar-refractivity contribution in [1.82, 2.24) is 0 Å². The Morgan fingerprint density at radius 1 is 1.46 bits per heavy atom. The SMILES string of the molecule is CC1CC[C@H](CC=O)C(C)(C)C1=O. The summed E-state index contributed by atoms with van der Waals surface area (Å²) in [6, 6.07) is 0. The van der Waals surface area contributed by atoms with Crippen LogP contribution in [0.15, 0.2) is 0 Å². The fraction of sp³-hybridized carbons (Fsp3) is 0.818. The van der Waals surface area contributed by atoms with Gasteiger partial charge in [-0.25, -0.2) is 0 Å². The summed E-state index contributed by atoms with van der Waals surface area (Å²) in [6.45, 7) is 5.93. The smallest absolute Gasteiger partial charge is 0.141 e. The van der Waals surface area contributed by atoms with Gasteiger partial charge in [0.1, 0.15) is 12.1 Å². The highest BCUT2D eigenvalue weighted by Crippen LogP contribution is 2.41. The van der Waals surface area contributed by atoms with Crippen LogP contribution in [0, 0.1) is 17.3 Å². The van der Waals surface area contributed by atoms with Gasteiger partial charge in [-0.1, -0.05) is 20.8 Å². The van der Waals surface area contributed by atoms with Crippen LogP contribution >= 0.6 is 0 Å². The second-order valence-corrected chi connectivity index (χ2v) is 4.66. The molecule has 2 heteroatoms. The molecule has 0 aromatic heterocycles. The minimum absolute atomic E-state index is 0.179. The van der Waals surface area contributed by atoms with Gasteiger partial charge in [0, 0.05) is 17.8 Å². The average molecular weight is 182 g/mol. The van der Waals surface area contributed by atoms with E-state index in [1.165, 1.54) is 0 Å². The maximum absolute atomic E-state index is 11.8. The molecule has 74 valence electrons. The van der Waals surface area contributed by atoms with Crippen LogP contribution in [0.1, 0.15) is 40.0 Å². The van der Waals surface area contributed by atoms with Gasteiger partial charge < -0.3 is 4.79 Å². The number of hydrogen-bond donors (Lipinski definition) is 0. The van der Waals surface area contributed by atoms with E-state index in [4.69, 9.17) is 0 Å². The molecule has 2 atom stereocenters. The number of aldehydes is 1. The first-order valence-electron chi connectivity index (χ1n) is 4.98. The lowest BCUT2D eigenvalue weighted by molar-refractivity contribution is -0.137. The molecule has 0 N–H and O–H groups in total. The molecule has 1 rings (SSSR count). The van der Waals surface area contributed by atoms with Gasteiger partial charge in [0.05, 0.1) is 0 Å². The van der Waals surface area contributed by atoms with Crippen molar-refractivity contribution in [1.29, 1.82) is 0 Å². The minimum Gasteiger partial charge on any atom is -0.303 e. The average Bonchev–Trinajstić information content (AvgIpc) is 2.07. The molecular formula is C11H18O2. The lowest BCUT2D eigenvalue weighted by Gasteiger charge is -2.39. The molecule has 1 aliphatic rings. The Morgan fingerprint density at radius 2 is 2.08 bits per heavy atom. The number of hydrogen-bond acceptors (Lipinski definition) is 2. The van der Waals surface area contributed by atoms with Crippen LogP contribution in [0.25, 0.3) is 0 Å². The van der Waals surface area contributed by atoms with Gasteiger partial charge in [0.25, 0.3) is 0 Å². The van der Waals surface area contributed by atoms with Gasteiger partial charge in [0.2, 0.25) is 0 Å². The van der Waals surface area contributed by atoms with Crippen molar-refractivity contribution >= 4 is 12.1 Å². The number of ketones is 1. The standard InChI is InChI=1S/C11H18O2/c1-8-4-5-9(6-7-12)11(2,3)10(8)13/h7-9H,4-6H2,1-3H3/t8?,9-/m1/s1. The zero-order chi connectivity index (χ0) is 10.1. The van der Waals surface area contributed by atoms with Crippen molar-refractivity contribution in [3.05, 3.63) is 0 Å². The van der Waals surface area contributed by atoms with E-state index in [0.717, 1.165) is 19.1 Å². The van der Waals surface area contributed by atoms with Crippen molar-refractivity contribution in [2.75, 3.05) is 0 Å². The van der Waals surface area contributed by atoms with Crippen LogP contribution < -0.4 is 0 Å². The van der Waals surface area contributed by atoms with Crippen LogP contribution in [0.5, 0.6) is 0 Å². The lowest BCUT2D eigenvalue weighted by Crippen LogP contribution is -2.41. The van der Waals surface area contributed by atoms with E-state index in [0.29, 0.717) is 12.2 Å². The van der Waals surface area contributed by atoms with Crippen LogP contribution in [-0.2, 0) is 9.59 Å². The number of Topliss-reactive ketones (excluding diaryl/α,β-unsaturated/α-hetero) is 1. The molecular weight excluding hydrogens is 164 g/mol. The Labute approximate surface area is 79.7 Å². The molecule has 2 nitrogen and oxygen atoms in total. The van der Waals surface area contributed by atoms with Crippen LogP contribution in [0.3, 0.4) is 0 Å². The Morgan fingerprint density at radius 3 is 2.62 bits per heavy atom. The van der Waals surface area contributed by atoms with Gasteiger partial charge >= 0.3 is 0 Å². The predicted octanol–water partition coefficient (Wildman–Crippen LogP) is 2.22. The highest BCUT2D eigenvalue weighted by molar-refractivity contribution is 5.87. The first-order chi connectivity index (χ1) is 6.00. The largest absolute Gasteiger partial charge is 0.303 e. The maximum Gasteiger partial charge on any atom is 0.141 e. The topological polar surface area (TPSA) is 34.1 Å². The summed E-state index contributed by atoms with van der Waals surface area (Å²) in [5.74, 6) is 0.761. The van der Waals surface area contributed by atoms with E-state index >= 15 is 0 Å². The zero-order valence-electron chi connectivity index (χ0n) is 8.67. The van der Waals surface area contributed by atoms with Gasteiger partial charge in [0.15, 0.2) is 0 Å². The minimum atomic E-state index is -0.293. The fourth-order valence-electron chi connectivity index (χ4n) is 2.31. The molecule has 1 aliphatic carbocycles. The molecule has 13 heavy (non-hydrogen) atoms. The van der Waals surface area contributed by atoms with E-state index in [2.05, 4.69) is 0 Å². The van der Waals surface area contributed by atoms with Crippen LogP contribution in [0.2, 0.25) is 0 Å². The van der Waals surface area contributed by atoms with E-state index in [-0.39, 0.29) is 17.3 Å². The molecule has 0 saturated heterocycles. The maximum atomic E-state index is 11.8. The summed E-state index contributed by atoms with van der Waals surface area (Å²) in [6.07, 6.45) is 3.43. The first-order valence-corrected chi connectivity index (χ1v) is 4.98. The fourth-order valence-corrected chi connectivity index (χ4v) is 2.31. The Bertz CT molecular complexity index is 218. The van der Waals surface area contributed by atoms with Crippen molar-refractivity contribution in [2.24, 2.45) is 17.3 Å². The van der Waals surface area contributed by atoms with Crippen molar-refractivity contribution in [3.63, 3.8) is 0 Å². The van der Waals surface area contributed by atoms with E-state index in [9.17, 15) is 9.59 Å². The molecule has 0 amide bonds. The summed E-state index contributed by atoms with van der Waals surface area (Å²) in [7, 11) is 0. The highest BCUT2D eigenvalue weighted by Gasteiger charge is 2.42. The van der Waals surface area contributed by atoms with Crippen LogP contribution in [-0.4, -0.2) is 12.1 Å². The summed E-state index contributed by atoms with van der Waals surface area (Å²) < 4.78 is 0. The molecule has 0 aliphatic heterocycles. The van der Waals surface area contributed by atoms with Gasteiger partial charge in [-0.3, -0.25) is 4.79 Å². The highest BCUT2D eigenvalue weighted by atomic mass is 16.1. The van der Waals surface area contributed by atoms with Gasteiger partial charge in [-0.05, 0) is 18.8 Å². The third kappa shape index (κ3) is 1.82. The van der Waals surface area contributed by atoms with E-state index in [1.807, 2.05) is 20.8 Å². The molecule has 0 bridgehead atoms. The Hall–Kier alpha value is -0.660. The third-order valence-electron chi connectivity index (χ3n) is 3.43. The number of carbonyl (C=O) groups is 2. The quantitative estimate of drug-likeness (QED) is 0.614. The second kappa shape index (κ2) is 3.60. The molecule has 1 saturated carbocycles. The van der Waals surface area contributed by atoms with Gasteiger partial charge in [-0.2, -0.15) is 0 Å². The molecule has 1 unspecified atom stereocenters. The first kappa shape index (κ1) is 10.4. The van der Waals surface area contributed by atoms with Crippen molar-refractivity contribution in [2.45, 2.75) is 40.0 Å². The molecule has 0 aromatic carbocycles. The van der Waals surface area contributed by atoms with Crippen molar-refractivity contribution < 1.29 is 9.59 Å². The number of rotatable bonds is 2. The Balaban J connectivity index is 2.79. The monoisotopic (exact) mass is 182 g/mol. The Kier molecular flexibility index (Phi) is 2.89. The second-order valence-electron chi connectivity index (χ2n) is 4.66. The molecule has 1 fully saturated rings.